The molecule has 0 saturated carbocycles. The first-order valence-corrected chi connectivity index (χ1v) is 7.07. The van der Waals surface area contributed by atoms with Crippen molar-refractivity contribution in [3.8, 4) is 0 Å². The number of carbonyl (C=O) groups excluding carboxylic acids is 1. The molecule has 8 heteroatoms. The predicted octanol–water partition coefficient (Wildman–Crippen LogP) is 1.79. The van der Waals surface area contributed by atoms with Crippen LogP contribution in [-0.2, 0) is 11.3 Å². The summed E-state index contributed by atoms with van der Waals surface area (Å²) in [5, 5.41) is 6.83. The lowest BCUT2D eigenvalue weighted by Gasteiger charge is -2.18. The Hall–Kier alpha value is -1.70. The molecule has 1 N–H and O–H groups in total. The molecule has 0 aromatic carbocycles. The summed E-state index contributed by atoms with van der Waals surface area (Å²) in [5.74, 6) is -1.88. The molecular formula is C13H18F2N4O2. The van der Waals surface area contributed by atoms with Crippen LogP contribution >= 0.6 is 0 Å². The Kier molecular flexibility index (Phi) is 3.79. The first-order chi connectivity index (χ1) is 10.0. The molecule has 3 heterocycles. The number of carbonyl (C=O) groups is 1. The van der Waals surface area contributed by atoms with E-state index < -0.39 is 18.5 Å². The summed E-state index contributed by atoms with van der Waals surface area (Å²) < 4.78 is 33.3. The Labute approximate surface area is 121 Å². The number of nitrogens with zero attached hydrogens (tertiary/aromatic N) is 3. The Bertz CT molecular complexity index is 514. The van der Waals surface area contributed by atoms with Gasteiger partial charge in [0.2, 0.25) is 0 Å². The second kappa shape index (κ2) is 5.59. The zero-order valence-electron chi connectivity index (χ0n) is 11.6. The maximum atomic E-state index is 13.1. The molecule has 2 aliphatic heterocycles. The van der Waals surface area contributed by atoms with Gasteiger partial charge >= 0.3 is 6.03 Å². The summed E-state index contributed by atoms with van der Waals surface area (Å²) in [6, 6.07) is 1.17. The first-order valence-electron chi connectivity index (χ1n) is 7.07. The molecule has 6 nitrogen and oxygen atoms in total. The second-order valence-electron chi connectivity index (χ2n) is 5.59. The van der Waals surface area contributed by atoms with Crippen molar-refractivity contribution in [2.75, 3.05) is 31.6 Å². The van der Waals surface area contributed by atoms with Gasteiger partial charge in [0.05, 0.1) is 19.3 Å². The molecule has 116 valence electrons. The summed E-state index contributed by atoms with van der Waals surface area (Å²) in [5.41, 5.74) is 0. The average molecular weight is 300 g/mol. The van der Waals surface area contributed by atoms with Crippen molar-refractivity contribution in [2.24, 2.45) is 5.92 Å². The molecule has 2 fully saturated rings. The van der Waals surface area contributed by atoms with Gasteiger partial charge in [-0.05, 0) is 6.42 Å². The van der Waals surface area contributed by atoms with E-state index in [0.29, 0.717) is 24.9 Å². The van der Waals surface area contributed by atoms with E-state index in [1.165, 1.54) is 0 Å². The Morgan fingerprint density at radius 2 is 2.43 bits per heavy atom. The number of hydrogen-bond acceptors (Lipinski definition) is 3. The van der Waals surface area contributed by atoms with Gasteiger partial charge in [-0.2, -0.15) is 5.10 Å². The molecule has 21 heavy (non-hydrogen) atoms. The molecule has 1 aromatic rings. The number of alkyl halides is 2. The molecule has 1 aromatic heterocycles. The number of likely N-dealkylation sites (tertiary alicyclic amines) is 1. The smallest absolute Gasteiger partial charge is 0.323 e. The van der Waals surface area contributed by atoms with Crippen LogP contribution in [0.25, 0.3) is 0 Å². The van der Waals surface area contributed by atoms with Gasteiger partial charge in [-0.25, -0.2) is 18.3 Å². The van der Waals surface area contributed by atoms with Crippen LogP contribution < -0.4 is 5.32 Å². The van der Waals surface area contributed by atoms with E-state index in [0.717, 1.165) is 17.9 Å². The molecule has 3 rings (SSSR count). The van der Waals surface area contributed by atoms with Crippen molar-refractivity contribution in [3.05, 3.63) is 12.3 Å². The monoisotopic (exact) mass is 300 g/mol. The number of ether oxygens (including phenoxy) is 1. The van der Waals surface area contributed by atoms with Crippen molar-refractivity contribution < 1.29 is 18.3 Å². The molecule has 1 atom stereocenters. The van der Waals surface area contributed by atoms with Gasteiger partial charge in [0.1, 0.15) is 5.82 Å². The van der Waals surface area contributed by atoms with Crippen LogP contribution in [-0.4, -0.2) is 52.9 Å². The summed E-state index contributed by atoms with van der Waals surface area (Å²) in [4.78, 5) is 13.1. The lowest BCUT2D eigenvalue weighted by Crippen LogP contribution is -2.35. The topological polar surface area (TPSA) is 59.4 Å². The highest BCUT2D eigenvalue weighted by Crippen LogP contribution is 2.27. The van der Waals surface area contributed by atoms with Crippen LogP contribution in [0.15, 0.2) is 12.3 Å². The minimum absolute atomic E-state index is 0.0729. The van der Waals surface area contributed by atoms with Crippen molar-refractivity contribution in [1.82, 2.24) is 14.7 Å². The van der Waals surface area contributed by atoms with E-state index in [-0.39, 0.29) is 13.0 Å². The average Bonchev–Trinajstić information content (AvgIpc) is 3.13. The van der Waals surface area contributed by atoms with Crippen LogP contribution in [0, 0.1) is 5.92 Å². The van der Waals surface area contributed by atoms with Gasteiger partial charge in [-0.1, -0.05) is 0 Å². The Morgan fingerprint density at radius 1 is 1.57 bits per heavy atom. The highest BCUT2D eigenvalue weighted by Gasteiger charge is 2.40. The number of rotatable bonds is 3. The maximum absolute atomic E-state index is 13.1. The quantitative estimate of drug-likeness (QED) is 0.926. The van der Waals surface area contributed by atoms with E-state index >= 15 is 0 Å². The van der Waals surface area contributed by atoms with Crippen LogP contribution in [0.2, 0.25) is 0 Å². The molecular weight excluding hydrogens is 282 g/mol. The molecule has 0 bridgehead atoms. The number of amides is 2. The fraction of sp³-hybridized carbons (Fsp3) is 0.692. The van der Waals surface area contributed by atoms with Crippen LogP contribution in [0.3, 0.4) is 0 Å². The Balaban J connectivity index is 1.60. The SMILES string of the molecule is O=C(Nc1ccnn1CC1CCOC1)N1CCC(F)(F)C1. The normalized spacial score (nSPS) is 24.5. The maximum Gasteiger partial charge on any atom is 0.323 e. The largest absolute Gasteiger partial charge is 0.381 e. The third kappa shape index (κ3) is 3.31. The zero-order chi connectivity index (χ0) is 14.9. The number of urea groups is 1. The molecule has 0 aliphatic carbocycles. The fourth-order valence-corrected chi connectivity index (χ4v) is 2.65. The van der Waals surface area contributed by atoms with E-state index in [9.17, 15) is 13.6 Å². The van der Waals surface area contributed by atoms with Crippen molar-refractivity contribution in [1.29, 1.82) is 0 Å². The fourth-order valence-electron chi connectivity index (χ4n) is 2.65. The number of halogens is 2. The molecule has 2 amide bonds. The minimum Gasteiger partial charge on any atom is -0.381 e. The summed E-state index contributed by atoms with van der Waals surface area (Å²) in [6.07, 6.45) is 2.27. The number of hydrogen-bond donors (Lipinski definition) is 1. The standard InChI is InChI=1S/C13H18F2N4O2/c14-13(15)3-5-18(9-13)12(20)17-11-1-4-16-19(11)7-10-2-6-21-8-10/h1,4,10H,2-3,5-9H2,(H,17,20). The van der Waals surface area contributed by atoms with E-state index in [2.05, 4.69) is 10.4 Å². The molecule has 0 spiro atoms. The lowest BCUT2D eigenvalue weighted by atomic mass is 10.1. The van der Waals surface area contributed by atoms with Gasteiger partial charge in [0.15, 0.2) is 0 Å². The van der Waals surface area contributed by atoms with Crippen molar-refractivity contribution in [3.63, 3.8) is 0 Å². The Morgan fingerprint density at radius 3 is 3.10 bits per heavy atom. The minimum atomic E-state index is -2.78. The van der Waals surface area contributed by atoms with Crippen molar-refractivity contribution in [2.45, 2.75) is 25.3 Å². The molecule has 2 saturated heterocycles. The van der Waals surface area contributed by atoms with Crippen LogP contribution in [0.4, 0.5) is 19.4 Å². The van der Waals surface area contributed by atoms with Gasteiger partial charge in [0, 0.05) is 38.1 Å². The van der Waals surface area contributed by atoms with E-state index in [4.69, 9.17) is 4.74 Å². The highest BCUT2D eigenvalue weighted by atomic mass is 19.3. The second-order valence-corrected chi connectivity index (χ2v) is 5.59. The van der Waals surface area contributed by atoms with E-state index in [1.807, 2.05) is 0 Å². The summed E-state index contributed by atoms with van der Waals surface area (Å²) in [7, 11) is 0. The van der Waals surface area contributed by atoms with Gasteiger partial charge in [-0.15, -0.1) is 0 Å². The lowest BCUT2D eigenvalue weighted by molar-refractivity contribution is 0.0159. The third-order valence-corrected chi connectivity index (χ3v) is 3.86. The third-order valence-electron chi connectivity index (χ3n) is 3.86. The first kappa shape index (κ1) is 14.2. The van der Waals surface area contributed by atoms with E-state index in [1.54, 1.807) is 16.9 Å². The number of anilines is 1. The molecule has 2 aliphatic rings. The van der Waals surface area contributed by atoms with Gasteiger partial charge in [-0.3, -0.25) is 5.32 Å². The predicted molar refractivity (Wildman–Crippen MR) is 71.3 cm³/mol. The summed E-state index contributed by atoms with van der Waals surface area (Å²) >= 11 is 0. The number of nitrogens with one attached hydrogen (secondary N) is 1. The van der Waals surface area contributed by atoms with Crippen molar-refractivity contribution >= 4 is 11.8 Å². The van der Waals surface area contributed by atoms with Crippen LogP contribution in [0.1, 0.15) is 12.8 Å². The summed E-state index contributed by atoms with van der Waals surface area (Å²) in [6.45, 7) is 1.63. The molecule has 1 unspecified atom stereocenters. The van der Waals surface area contributed by atoms with Gasteiger partial charge in [0.25, 0.3) is 5.92 Å². The zero-order valence-corrected chi connectivity index (χ0v) is 11.6. The molecule has 0 radical (unpaired) electrons. The number of aromatic nitrogens is 2. The van der Waals surface area contributed by atoms with Gasteiger partial charge < -0.3 is 9.64 Å². The van der Waals surface area contributed by atoms with Crippen LogP contribution in [0.5, 0.6) is 0 Å². The highest BCUT2D eigenvalue weighted by molar-refractivity contribution is 5.88.